The minimum absolute atomic E-state index is 0.0914. The molecule has 0 fully saturated rings. The van der Waals surface area contributed by atoms with Crippen LogP contribution in [0.25, 0.3) is 17.1 Å². The minimum Gasteiger partial charge on any atom is -0.460 e. The standard InChI is InChI=1S/C25H23FN4O2/c1-16(2)32-25-28-23(18-8-10-20(26)11-9-18)30(29-25)22-14-12-21(13-15-22)27-24(31)19-6-4-17(3)5-7-19/h4-16H,1-3H3,(H,27,31). The summed E-state index contributed by atoms with van der Waals surface area (Å²) >= 11 is 0. The molecule has 4 rings (SSSR count). The largest absolute Gasteiger partial charge is 0.460 e. The second-order valence-electron chi connectivity index (χ2n) is 7.67. The molecule has 0 aliphatic carbocycles. The molecule has 1 aromatic heterocycles. The molecule has 4 aromatic rings. The fraction of sp³-hybridized carbons (Fsp3) is 0.160. The van der Waals surface area contributed by atoms with E-state index in [1.54, 1.807) is 41.1 Å². The number of rotatable bonds is 6. The zero-order valence-electron chi connectivity index (χ0n) is 18.0. The summed E-state index contributed by atoms with van der Waals surface area (Å²) < 4.78 is 20.7. The third-order valence-corrected chi connectivity index (χ3v) is 4.71. The zero-order chi connectivity index (χ0) is 22.7. The maximum absolute atomic E-state index is 13.4. The number of ether oxygens (including phenoxy) is 1. The molecule has 0 spiro atoms. The summed E-state index contributed by atoms with van der Waals surface area (Å²) in [6, 6.07) is 20.9. The number of carbonyl (C=O) groups is 1. The lowest BCUT2D eigenvalue weighted by Crippen LogP contribution is -2.11. The normalized spacial score (nSPS) is 10.9. The van der Waals surface area contributed by atoms with Gasteiger partial charge in [-0.1, -0.05) is 17.7 Å². The van der Waals surface area contributed by atoms with Crippen molar-refractivity contribution in [2.24, 2.45) is 0 Å². The highest BCUT2D eigenvalue weighted by Gasteiger charge is 2.16. The number of hydrogen-bond donors (Lipinski definition) is 1. The Morgan fingerprint density at radius 1 is 0.969 bits per heavy atom. The highest BCUT2D eigenvalue weighted by molar-refractivity contribution is 6.04. The number of nitrogens with zero attached hydrogens (tertiary/aromatic N) is 3. The van der Waals surface area contributed by atoms with Crippen LogP contribution in [0.3, 0.4) is 0 Å². The molecule has 0 saturated heterocycles. The maximum Gasteiger partial charge on any atom is 0.336 e. The van der Waals surface area contributed by atoms with E-state index in [1.165, 1.54) is 12.1 Å². The highest BCUT2D eigenvalue weighted by atomic mass is 19.1. The Morgan fingerprint density at radius 3 is 2.25 bits per heavy atom. The van der Waals surface area contributed by atoms with Crippen molar-refractivity contribution in [3.8, 4) is 23.1 Å². The maximum atomic E-state index is 13.4. The lowest BCUT2D eigenvalue weighted by molar-refractivity contribution is 0.102. The van der Waals surface area contributed by atoms with Gasteiger partial charge in [0.15, 0.2) is 5.82 Å². The van der Waals surface area contributed by atoms with E-state index in [1.807, 2.05) is 45.0 Å². The summed E-state index contributed by atoms with van der Waals surface area (Å²) in [4.78, 5) is 16.9. The quantitative estimate of drug-likeness (QED) is 0.443. The molecule has 1 amide bonds. The monoisotopic (exact) mass is 430 g/mol. The van der Waals surface area contributed by atoms with Crippen LogP contribution in [0.2, 0.25) is 0 Å². The Hall–Kier alpha value is -4.00. The van der Waals surface area contributed by atoms with Gasteiger partial charge in [-0.05, 0) is 81.4 Å². The van der Waals surface area contributed by atoms with E-state index in [2.05, 4.69) is 15.4 Å². The molecule has 162 valence electrons. The van der Waals surface area contributed by atoms with Gasteiger partial charge in [0, 0.05) is 16.8 Å². The van der Waals surface area contributed by atoms with Crippen molar-refractivity contribution in [1.82, 2.24) is 14.8 Å². The van der Waals surface area contributed by atoms with E-state index in [-0.39, 0.29) is 23.8 Å². The molecule has 0 saturated carbocycles. The number of aromatic nitrogens is 3. The van der Waals surface area contributed by atoms with Gasteiger partial charge < -0.3 is 10.1 Å². The molecule has 7 heteroatoms. The fourth-order valence-electron chi connectivity index (χ4n) is 3.11. The van der Waals surface area contributed by atoms with Crippen LogP contribution >= 0.6 is 0 Å². The number of aryl methyl sites for hydroxylation is 1. The van der Waals surface area contributed by atoms with Crippen LogP contribution in [0.1, 0.15) is 29.8 Å². The molecule has 1 heterocycles. The molecule has 0 aliphatic heterocycles. The Kier molecular flexibility index (Phi) is 5.98. The van der Waals surface area contributed by atoms with Crippen molar-refractivity contribution in [3.63, 3.8) is 0 Å². The molecule has 3 aromatic carbocycles. The number of anilines is 1. The summed E-state index contributed by atoms with van der Waals surface area (Å²) in [5.74, 6) is 0.0161. The lowest BCUT2D eigenvalue weighted by atomic mass is 10.1. The summed E-state index contributed by atoms with van der Waals surface area (Å²) in [7, 11) is 0. The first-order chi connectivity index (χ1) is 15.4. The van der Waals surface area contributed by atoms with Gasteiger partial charge in [-0.15, -0.1) is 5.10 Å². The van der Waals surface area contributed by atoms with Crippen LogP contribution in [-0.2, 0) is 0 Å². The summed E-state index contributed by atoms with van der Waals surface area (Å²) in [5, 5.41) is 7.36. The number of halogens is 1. The van der Waals surface area contributed by atoms with E-state index in [4.69, 9.17) is 4.74 Å². The van der Waals surface area contributed by atoms with Crippen molar-refractivity contribution >= 4 is 11.6 Å². The van der Waals surface area contributed by atoms with Gasteiger partial charge in [0.25, 0.3) is 5.91 Å². The third-order valence-electron chi connectivity index (χ3n) is 4.71. The molecule has 0 bridgehead atoms. The average Bonchev–Trinajstić information content (AvgIpc) is 3.18. The van der Waals surface area contributed by atoms with Gasteiger partial charge >= 0.3 is 6.01 Å². The van der Waals surface area contributed by atoms with Crippen LogP contribution in [0.5, 0.6) is 6.01 Å². The minimum atomic E-state index is -0.327. The Labute approximate surface area is 185 Å². The predicted octanol–water partition coefficient (Wildman–Crippen LogP) is 5.42. The topological polar surface area (TPSA) is 69.0 Å². The Morgan fingerprint density at radius 2 is 1.62 bits per heavy atom. The molecule has 0 aliphatic rings. The van der Waals surface area contributed by atoms with Crippen LogP contribution < -0.4 is 10.1 Å². The van der Waals surface area contributed by atoms with Crippen molar-refractivity contribution in [3.05, 3.63) is 89.7 Å². The second-order valence-corrected chi connectivity index (χ2v) is 7.67. The molecular weight excluding hydrogens is 407 g/mol. The zero-order valence-corrected chi connectivity index (χ0v) is 18.0. The van der Waals surface area contributed by atoms with Gasteiger partial charge in [0.1, 0.15) is 5.82 Å². The smallest absolute Gasteiger partial charge is 0.336 e. The number of nitrogens with one attached hydrogen (secondary N) is 1. The first-order valence-electron chi connectivity index (χ1n) is 10.3. The third kappa shape index (κ3) is 4.83. The predicted molar refractivity (Wildman–Crippen MR) is 122 cm³/mol. The molecule has 6 nitrogen and oxygen atoms in total. The summed E-state index contributed by atoms with van der Waals surface area (Å²) in [5.41, 5.74) is 3.76. The summed E-state index contributed by atoms with van der Waals surface area (Å²) in [6.07, 6.45) is -0.0914. The lowest BCUT2D eigenvalue weighted by Gasteiger charge is -2.09. The van der Waals surface area contributed by atoms with Gasteiger partial charge in [-0.25, -0.2) is 9.07 Å². The first kappa shape index (κ1) is 21.2. The van der Waals surface area contributed by atoms with Crippen LogP contribution in [-0.4, -0.2) is 26.8 Å². The van der Waals surface area contributed by atoms with Gasteiger partial charge in [0.2, 0.25) is 0 Å². The van der Waals surface area contributed by atoms with Crippen molar-refractivity contribution < 1.29 is 13.9 Å². The van der Waals surface area contributed by atoms with Crippen molar-refractivity contribution in [2.45, 2.75) is 26.9 Å². The molecule has 0 atom stereocenters. The Balaban J connectivity index is 1.61. The molecule has 1 N–H and O–H groups in total. The highest BCUT2D eigenvalue weighted by Crippen LogP contribution is 2.25. The van der Waals surface area contributed by atoms with Crippen LogP contribution in [0.4, 0.5) is 10.1 Å². The van der Waals surface area contributed by atoms with Gasteiger partial charge in [-0.3, -0.25) is 4.79 Å². The summed E-state index contributed by atoms with van der Waals surface area (Å²) in [6.45, 7) is 5.76. The molecule has 32 heavy (non-hydrogen) atoms. The van der Waals surface area contributed by atoms with E-state index >= 15 is 0 Å². The molecular formula is C25H23FN4O2. The van der Waals surface area contributed by atoms with Crippen LogP contribution in [0.15, 0.2) is 72.8 Å². The number of amides is 1. The number of carbonyl (C=O) groups excluding carboxylic acids is 1. The number of benzene rings is 3. The molecule has 0 unspecified atom stereocenters. The van der Waals surface area contributed by atoms with E-state index < -0.39 is 0 Å². The van der Waals surface area contributed by atoms with Crippen molar-refractivity contribution in [1.29, 1.82) is 0 Å². The average molecular weight is 430 g/mol. The van der Waals surface area contributed by atoms with E-state index in [0.717, 1.165) is 11.3 Å². The molecule has 0 radical (unpaired) electrons. The fourth-order valence-corrected chi connectivity index (χ4v) is 3.11. The van der Waals surface area contributed by atoms with E-state index in [0.29, 0.717) is 22.6 Å². The van der Waals surface area contributed by atoms with Crippen molar-refractivity contribution in [2.75, 3.05) is 5.32 Å². The second kappa shape index (κ2) is 9.01. The van der Waals surface area contributed by atoms with Crippen LogP contribution in [0, 0.1) is 12.7 Å². The van der Waals surface area contributed by atoms with Gasteiger partial charge in [0.05, 0.1) is 11.8 Å². The number of hydrogen-bond acceptors (Lipinski definition) is 4. The Bertz CT molecular complexity index is 1210. The van der Waals surface area contributed by atoms with E-state index in [9.17, 15) is 9.18 Å². The first-order valence-corrected chi connectivity index (χ1v) is 10.3. The SMILES string of the molecule is Cc1ccc(C(=O)Nc2ccc(-n3nc(OC(C)C)nc3-c3ccc(F)cc3)cc2)cc1. The van der Waals surface area contributed by atoms with Gasteiger partial charge in [-0.2, -0.15) is 4.98 Å².